The molecule has 0 unspecified atom stereocenters. The van der Waals surface area contributed by atoms with Gasteiger partial charge in [-0.25, -0.2) is 19.3 Å². The highest BCUT2D eigenvalue weighted by Gasteiger charge is 2.11. The third-order valence-corrected chi connectivity index (χ3v) is 4.81. The predicted molar refractivity (Wildman–Crippen MR) is 102 cm³/mol. The Hall–Kier alpha value is -2.76. The minimum absolute atomic E-state index is 0.333. The molecule has 1 saturated heterocycles. The third kappa shape index (κ3) is 3.59. The Morgan fingerprint density at radius 1 is 0.962 bits per heavy atom. The van der Waals surface area contributed by atoms with Crippen LogP contribution in [-0.4, -0.2) is 28.0 Å². The van der Waals surface area contributed by atoms with E-state index in [2.05, 4.69) is 37.3 Å². The maximum Gasteiger partial charge on any atom is 0.149 e. The van der Waals surface area contributed by atoms with Crippen LogP contribution in [0.3, 0.4) is 0 Å². The van der Waals surface area contributed by atoms with Crippen LogP contribution >= 0.6 is 0 Å². The number of benzene rings is 1. The molecule has 0 spiro atoms. The first kappa shape index (κ1) is 16.7. The van der Waals surface area contributed by atoms with Crippen LogP contribution in [0.4, 0.5) is 16.0 Å². The van der Waals surface area contributed by atoms with E-state index in [1.807, 2.05) is 12.3 Å². The Morgan fingerprint density at radius 2 is 1.81 bits per heavy atom. The van der Waals surface area contributed by atoms with Gasteiger partial charge in [0.05, 0.1) is 0 Å². The van der Waals surface area contributed by atoms with Crippen molar-refractivity contribution in [2.45, 2.75) is 32.2 Å². The Morgan fingerprint density at radius 3 is 2.58 bits per heavy atom. The van der Waals surface area contributed by atoms with Gasteiger partial charge in [-0.3, -0.25) is 0 Å². The number of halogens is 1. The zero-order valence-electron chi connectivity index (χ0n) is 14.7. The second-order valence-corrected chi connectivity index (χ2v) is 6.64. The van der Waals surface area contributed by atoms with Crippen LogP contribution in [0, 0.1) is 5.82 Å². The highest BCUT2D eigenvalue weighted by molar-refractivity contribution is 5.89. The van der Waals surface area contributed by atoms with Crippen molar-refractivity contribution in [2.75, 3.05) is 23.3 Å². The van der Waals surface area contributed by atoms with Gasteiger partial charge in [0, 0.05) is 31.2 Å². The molecule has 3 aromatic rings. The van der Waals surface area contributed by atoms with Crippen LogP contribution in [-0.2, 0) is 6.54 Å². The number of pyridine rings is 1. The third-order valence-electron chi connectivity index (χ3n) is 4.81. The van der Waals surface area contributed by atoms with Gasteiger partial charge < -0.3 is 10.2 Å². The first-order valence-corrected chi connectivity index (χ1v) is 9.14. The Bertz CT molecular complexity index is 873. The fourth-order valence-corrected chi connectivity index (χ4v) is 3.39. The van der Waals surface area contributed by atoms with Crippen molar-refractivity contribution < 1.29 is 4.39 Å². The summed E-state index contributed by atoms with van der Waals surface area (Å²) in [6.07, 6.45) is 8.38. The molecule has 26 heavy (non-hydrogen) atoms. The molecule has 6 heteroatoms. The van der Waals surface area contributed by atoms with Crippen LogP contribution in [0.15, 0.2) is 42.9 Å². The average Bonchev–Trinajstić information content (AvgIpc) is 2.97. The van der Waals surface area contributed by atoms with E-state index in [1.165, 1.54) is 38.1 Å². The normalized spacial score (nSPS) is 15.0. The summed E-state index contributed by atoms with van der Waals surface area (Å²) in [6, 6.07) is 9.07. The smallest absolute Gasteiger partial charge is 0.149 e. The molecule has 0 atom stereocenters. The van der Waals surface area contributed by atoms with Gasteiger partial charge in [0.15, 0.2) is 0 Å². The minimum Gasteiger partial charge on any atom is -0.365 e. The molecule has 2 aromatic heterocycles. The molecule has 1 aromatic carbocycles. The van der Waals surface area contributed by atoms with Gasteiger partial charge in [-0.05, 0) is 36.6 Å². The number of nitrogens with one attached hydrogen (secondary N) is 1. The average molecular weight is 351 g/mol. The molecule has 1 fully saturated rings. The highest BCUT2D eigenvalue weighted by Crippen LogP contribution is 2.22. The lowest BCUT2D eigenvalue weighted by atomic mass is 10.2. The number of aromatic nitrogens is 3. The molecular formula is C20H22FN5. The maximum absolute atomic E-state index is 13.8. The molecule has 0 radical (unpaired) electrons. The number of fused-ring (bicyclic) bond motifs is 1. The largest absolute Gasteiger partial charge is 0.365 e. The molecule has 1 N–H and O–H groups in total. The predicted octanol–water partition coefficient (Wildman–Crippen LogP) is 4.16. The quantitative estimate of drug-likeness (QED) is 0.765. The van der Waals surface area contributed by atoms with Gasteiger partial charge in [-0.2, -0.15) is 0 Å². The monoisotopic (exact) mass is 351 g/mol. The molecule has 3 heterocycles. The van der Waals surface area contributed by atoms with Crippen molar-refractivity contribution in [3.05, 3.63) is 54.2 Å². The van der Waals surface area contributed by atoms with E-state index in [0.717, 1.165) is 24.5 Å². The second kappa shape index (κ2) is 7.64. The molecule has 0 saturated carbocycles. The van der Waals surface area contributed by atoms with E-state index in [9.17, 15) is 4.39 Å². The first-order chi connectivity index (χ1) is 12.8. The summed E-state index contributed by atoms with van der Waals surface area (Å²) in [4.78, 5) is 15.3. The zero-order chi connectivity index (χ0) is 17.8. The van der Waals surface area contributed by atoms with Crippen molar-refractivity contribution in [2.24, 2.45) is 0 Å². The molecule has 4 rings (SSSR count). The molecule has 1 aliphatic heterocycles. The lowest BCUT2D eigenvalue weighted by molar-refractivity contribution is 0.636. The highest BCUT2D eigenvalue weighted by atomic mass is 19.1. The van der Waals surface area contributed by atoms with Crippen molar-refractivity contribution in [3.8, 4) is 0 Å². The Balaban J connectivity index is 1.46. The van der Waals surface area contributed by atoms with E-state index < -0.39 is 0 Å². The van der Waals surface area contributed by atoms with Crippen molar-refractivity contribution >= 4 is 22.5 Å². The Labute approximate surface area is 152 Å². The number of hydrogen-bond acceptors (Lipinski definition) is 5. The SMILES string of the molecule is Fc1cccc2c(NCc3ccc(N4CCCCCC4)nc3)ncnc12. The van der Waals surface area contributed by atoms with E-state index in [1.54, 1.807) is 6.07 Å². The number of hydrogen-bond donors (Lipinski definition) is 1. The van der Waals surface area contributed by atoms with Crippen molar-refractivity contribution in [3.63, 3.8) is 0 Å². The van der Waals surface area contributed by atoms with Gasteiger partial charge in [0.1, 0.15) is 29.3 Å². The summed E-state index contributed by atoms with van der Waals surface area (Å²) in [6.45, 7) is 2.75. The van der Waals surface area contributed by atoms with Gasteiger partial charge in [0.2, 0.25) is 0 Å². The van der Waals surface area contributed by atoms with Gasteiger partial charge in [-0.15, -0.1) is 0 Å². The fraction of sp³-hybridized carbons (Fsp3) is 0.350. The van der Waals surface area contributed by atoms with Gasteiger partial charge in [-0.1, -0.05) is 25.0 Å². The molecule has 134 valence electrons. The van der Waals surface area contributed by atoms with Crippen LogP contribution in [0.25, 0.3) is 10.9 Å². The van der Waals surface area contributed by atoms with Crippen molar-refractivity contribution in [1.29, 1.82) is 0 Å². The van der Waals surface area contributed by atoms with Crippen molar-refractivity contribution in [1.82, 2.24) is 15.0 Å². The summed E-state index contributed by atoms with van der Waals surface area (Å²) >= 11 is 0. The molecule has 0 aliphatic carbocycles. The molecule has 0 bridgehead atoms. The molecule has 1 aliphatic rings. The van der Waals surface area contributed by atoms with E-state index >= 15 is 0 Å². The summed E-state index contributed by atoms with van der Waals surface area (Å²) < 4.78 is 13.8. The maximum atomic E-state index is 13.8. The van der Waals surface area contributed by atoms with E-state index in [0.29, 0.717) is 23.3 Å². The number of para-hydroxylation sites is 1. The summed E-state index contributed by atoms with van der Waals surface area (Å²) in [5, 5.41) is 3.95. The second-order valence-electron chi connectivity index (χ2n) is 6.64. The fourth-order valence-electron chi connectivity index (χ4n) is 3.39. The van der Waals surface area contributed by atoms with Crippen LogP contribution in [0.2, 0.25) is 0 Å². The molecule has 0 amide bonds. The standard InChI is InChI=1S/C20H22FN5/c21-17-7-5-6-16-19(17)24-14-25-20(16)23-13-15-8-9-18(22-12-15)26-10-3-1-2-4-11-26/h5-9,12,14H,1-4,10-11,13H2,(H,23,24,25). The van der Waals surface area contributed by atoms with Crippen LogP contribution in [0.1, 0.15) is 31.2 Å². The lowest BCUT2D eigenvalue weighted by Crippen LogP contribution is -2.24. The lowest BCUT2D eigenvalue weighted by Gasteiger charge is -2.21. The number of rotatable bonds is 4. The summed E-state index contributed by atoms with van der Waals surface area (Å²) in [5.41, 5.74) is 1.39. The molecular weight excluding hydrogens is 329 g/mol. The summed E-state index contributed by atoms with van der Waals surface area (Å²) in [7, 11) is 0. The summed E-state index contributed by atoms with van der Waals surface area (Å²) in [5.74, 6) is 1.34. The first-order valence-electron chi connectivity index (χ1n) is 9.14. The Kier molecular flexibility index (Phi) is 4.91. The molecule has 5 nitrogen and oxygen atoms in total. The zero-order valence-corrected chi connectivity index (χ0v) is 14.7. The van der Waals surface area contributed by atoms with Gasteiger partial charge >= 0.3 is 0 Å². The van der Waals surface area contributed by atoms with Crippen LogP contribution < -0.4 is 10.2 Å². The van der Waals surface area contributed by atoms with Crippen LogP contribution in [0.5, 0.6) is 0 Å². The minimum atomic E-state index is -0.337. The van der Waals surface area contributed by atoms with E-state index in [-0.39, 0.29) is 5.82 Å². The van der Waals surface area contributed by atoms with E-state index in [4.69, 9.17) is 0 Å². The topological polar surface area (TPSA) is 53.9 Å². The number of anilines is 2. The van der Waals surface area contributed by atoms with Gasteiger partial charge in [0.25, 0.3) is 0 Å². The number of nitrogens with zero attached hydrogens (tertiary/aromatic N) is 4.